The van der Waals surface area contributed by atoms with Crippen molar-refractivity contribution in [3.8, 4) is 0 Å². The Morgan fingerprint density at radius 2 is 1.55 bits per heavy atom. The molecule has 11 nitrogen and oxygen atoms in total. The fraction of sp³-hybridized carbons (Fsp3) is 0.231. The first kappa shape index (κ1) is 29.7. The molecule has 4 rings (SSSR count). The Morgan fingerprint density at radius 1 is 0.900 bits per heavy atom. The molecule has 1 heterocycles. The number of benzene rings is 3. The predicted molar refractivity (Wildman–Crippen MR) is 151 cm³/mol. The predicted octanol–water partition coefficient (Wildman–Crippen LogP) is 3.45. The van der Waals surface area contributed by atoms with Crippen LogP contribution in [0.4, 0.5) is 11.4 Å². The van der Waals surface area contributed by atoms with Crippen LogP contribution in [0.25, 0.3) is 0 Å². The molecule has 0 saturated carbocycles. The van der Waals surface area contributed by atoms with Crippen LogP contribution in [-0.4, -0.2) is 65.4 Å². The van der Waals surface area contributed by atoms with E-state index in [2.05, 4.69) is 26.0 Å². The lowest BCUT2D eigenvalue weighted by Crippen LogP contribution is -2.40. The highest BCUT2D eigenvalue weighted by atomic mass is 79.9. The Balaban J connectivity index is 1.35. The molecular weight excluding hydrogens is 626 g/mol. The number of morpholine rings is 1. The summed E-state index contributed by atoms with van der Waals surface area (Å²) in [5.74, 6) is -1.46. The number of halogens is 1. The Hall–Kier alpha value is -3.30. The van der Waals surface area contributed by atoms with Gasteiger partial charge < -0.3 is 14.8 Å². The topological polar surface area (TPSA) is 148 Å². The molecule has 0 radical (unpaired) electrons. The van der Waals surface area contributed by atoms with Gasteiger partial charge in [0.2, 0.25) is 10.0 Å². The van der Waals surface area contributed by atoms with Crippen LogP contribution in [0.5, 0.6) is 0 Å². The third kappa shape index (κ3) is 7.26. The first-order valence-electron chi connectivity index (χ1n) is 12.0. The van der Waals surface area contributed by atoms with Crippen molar-refractivity contribution in [3.05, 3.63) is 82.8 Å². The summed E-state index contributed by atoms with van der Waals surface area (Å²) in [5.41, 5.74) is 0.562. The number of hydrogen-bond donors (Lipinski definition) is 2. The second-order valence-electron chi connectivity index (χ2n) is 8.72. The molecule has 0 aliphatic carbocycles. The molecule has 0 bridgehead atoms. The zero-order chi connectivity index (χ0) is 28.9. The lowest BCUT2D eigenvalue weighted by atomic mass is 10.2. The van der Waals surface area contributed by atoms with Crippen LogP contribution in [0.1, 0.15) is 17.3 Å². The van der Waals surface area contributed by atoms with Gasteiger partial charge in [0.15, 0.2) is 6.10 Å². The van der Waals surface area contributed by atoms with Gasteiger partial charge in [-0.3, -0.25) is 9.52 Å². The normalized spacial score (nSPS) is 15.2. The molecular formula is C26H26BrN3O8S2. The number of rotatable bonds is 9. The fourth-order valence-electron chi connectivity index (χ4n) is 3.70. The number of carbonyl (C=O) groups excluding carboxylic acids is 2. The minimum atomic E-state index is -3.83. The van der Waals surface area contributed by atoms with Crippen LogP contribution < -0.4 is 10.0 Å². The molecule has 1 atom stereocenters. The van der Waals surface area contributed by atoms with Crippen LogP contribution in [0.2, 0.25) is 0 Å². The summed E-state index contributed by atoms with van der Waals surface area (Å²) < 4.78 is 65.8. The number of carbonyl (C=O) groups is 2. The van der Waals surface area contributed by atoms with Crippen LogP contribution in [0.15, 0.2) is 87.1 Å². The maximum absolute atomic E-state index is 12.9. The lowest BCUT2D eigenvalue weighted by Gasteiger charge is -2.26. The number of nitrogens with zero attached hydrogens (tertiary/aromatic N) is 1. The average Bonchev–Trinajstić information content (AvgIpc) is 2.94. The van der Waals surface area contributed by atoms with Crippen molar-refractivity contribution in [2.45, 2.75) is 22.8 Å². The van der Waals surface area contributed by atoms with Crippen molar-refractivity contribution >= 4 is 59.2 Å². The number of sulfonamides is 2. The average molecular weight is 653 g/mol. The van der Waals surface area contributed by atoms with E-state index in [4.69, 9.17) is 9.47 Å². The third-order valence-electron chi connectivity index (χ3n) is 5.86. The van der Waals surface area contributed by atoms with Crippen molar-refractivity contribution in [2.24, 2.45) is 0 Å². The summed E-state index contributed by atoms with van der Waals surface area (Å²) in [5, 5.41) is 2.56. The lowest BCUT2D eigenvalue weighted by molar-refractivity contribution is -0.123. The van der Waals surface area contributed by atoms with Crippen molar-refractivity contribution in [1.82, 2.24) is 4.31 Å². The molecule has 1 aliphatic heterocycles. The second kappa shape index (κ2) is 12.5. The van der Waals surface area contributed by atoms with E-state index in [1.807, 2.05) is 0 Å². The van der Waals surface area contributed by atoms with Crippen LogP contribution in [-0.2, 0) is 34.3 Å². The second-order valence-corrected chi connectivity index (χ2v) is 13.3. The number of nitrogens with one attached hydrogen (secondary N) is 2. The number of ether oxygens (including phenoxy) is 2. The van der Waals surface area contributed by atoms with E-state index in [0.29, 0.717) is 13.2 Å². The molecule has 3 aromatic carbocycles. The van der Waals surface area contributed by atoms with E-state index >= 15 is 0 Å². The Labute approximate surface area is 240 Å². The van der Waals surface area contributed by atoms with Gasteiger partial charge in [-0.05, 0) is 73.7 Å². The van der Waals surface area contributed by atoms with E-state index < -0.39 is 38.0 Å². The Kier molecular flexibility index (Phi) is 9.26. The standard InChI is InChI=1S/C26H26BrN3O8S2/c1-18(25(31)28-22-3-2-4-24(17-22)40(35,36)30-13-15-37-16-14-30)38-26(32)19-5-9-21(10-6-19)29-39(33,34)23-11-7-20(27)8-12-23/h2-12,17-18,29H,13-16H2,1H3,(H,28,31)/t18-/m0/s1. The quantitative estimate of drug-likeness (QED) is 0.334. The van der Waals surface area contributed by atoms with Gasteiger partial charge in [-0.15, -0.1) is 0 Å². The summed E-state index contributed by atoms with van der Waals surface area (Å²) >= 11 is 3.26. The molecule has 212 valence electrons. The molecule has 1 amide bonds. The molecule has 1 aliphatic rings. The smallest absolute Gasteiger partial charge is 0.338 e. The van der Waals surface area contributed by atoms with Crippen LogP contribution >= 0.6 is 15.9 Å². The zero-order valence-electron chi connectivity index (χ0n) is 21.2. The summed E-state index contributed by atoms with van der Waals surface area (Å²) in [6.07, 6.45) is -1.21. The molecule has 0 aromatic heterocycles. The van der Waals surface area contributed by atoms with E-state index in [9.17, 15) is 26.4 Å². The maximum Gasteiger partial charge on any atom is 0.338 e. The van der Waals surface area contributed by atoms with Crippen LogP contribution in [0.3, 0.4) is 0 Å². The van der Waals surface area contributed by atoms with Gasteiger partial charge in [0, 0.05) is 28.9 Å². The highest BCUT2D eigenvalue weighted by molar-refractivity contribution is 9.10. The van der Waals surface area contributed by atoms with Crippen molar-refractivity contribution in [3.63, 3.8) is 0 Å². The summed E-state index contributed by atoms with van der Waals surface area (Å²) in [6.45, 7) is 2.47. The minimum absolute atomic E-state index is 0.0210. The third-order valence-corrected chi connectivity index (χ3v) is 9.68. The Bertz CT molecular complexity index is 1590. The number of esters is 1. The van der Waals surface area contributed by atoms with Gasteiger partial charge in [0.1, 0.15) is 0 Å². The van der Waals surface area contributed by atoms with E-state index in [-0.39, 0.29) is 39.8 Å². The molecule has 14 heteroatoms. The fourth-order valence-corrected chi connectivity index (χ4v) is 6.48. The monoisotopic (exact) mass is 651 g/mol. The largest absolute Gasteiger partial charge is 0.449 e. The van der Waals surface area contributed by atoms with Crippen molar-refractivity contribution in [1.29, 1.82) is 0 Å². The van der Waals surface area contributed by atoms with Gasteiger partial charge >= 0.3 is 5.97 Å². The van der Waals surface area contributed by atoms with Gasteiger partial charge in [0.25, 0.3) is 15.9 Å². The van der Waals surface area contributed by atoms with E-state index in [0.717, 1.165) is 4.47 Å². The molecule has 2 N–H and O–H groups in total. The maximum atomic E-state index is 12.9. The summed E-state index contributed by atoms with van der Waals surface area (Å²) in [6, 6.07) is 17.5. The van der Waals surface area contributed by atoms with Crippen molar-refractivity contribution in [2.75, 3.05) is 36.3 Å². The van der Waals surface area contributed by atoms with Gasteiger partial charge in [0.05, 0.1) is 28.6 Å². The first-order valence-corrected chi connectivity index (χ1v) is 15.8. The molecule has 1 saturated heterocycles. The highest BCUT2D eigenvalue weighted by Gasteiger charge is 2.27. The summed E-state index contributed by atoms with van der Waals surface area (Å²) in [4.78, 5) is 25.3. The molecule has 1 fully saturated rings. The molecule has 3 aromatic rings. The minimum Gasteiger partial charge on any atom is -0.449 e. The molecule has 0 unspecified atom stereocenters. The zero-order valence-corrected chi connectivity index (χ0v) is 24.5. The van der Waals surface area contributed by atoms with Crippen LogP contribution in [0, 0.1) is 0 Å². The van der Waals surface area contributed by atoms with Gasteiger partial charge in [-0.25, -0.2) is 21.6 Å². The summed E-state index contributed by atoms with van der Waals surface area (Å²) in [7, 11) is -7.58. The SMILES string of the molecule is C[C@H](OC(=O)c1ccc(NS(=O)(=O)c2ccc(Br)cc2)cc1)C(=O)Nc1cccc(S(=O)(=O)N2CCOCC2)c1. The number of anilines is 2. The highest BCUT2D eigenvalue weighted by Crippen LogP contribution is 2.22. The van der Waals surface area contributed by atoms with Gasteiger partial charge in [-0.1, -0.05) is 22.0 Å². The Morgan fingerprint density at radius 3 is 2.20 bits per heavy atom. The molecule has 0 spiro atoms. The van der Waals surface area contributed by atoms with Crippen molar-refractivity contribution < 1.29 is 35.9 Å². The first-order chi connectivity index (χ1) is 19.0. The number of amides is 1. The number of hydrogen-bond acceptors (Lipinski definition) is 8. The van der Waals surface area contributed by atoms with Gasteiger partial charge in [-0.2, -0.15) is 4.31 Å². The van der Waals surface area contributed by atoms with E-state index in [1.165, 1.54) is 71.9 Å². The van der Waals surface area contributed by atoms with E-state index in [1.54, 1.807) is 12.1 Å². The molecule has 40 heavy (non-hydrogen) atoms.